The van der Waals surface area contributed by atoms with E-state index < -0.39 is 29.0 Å². The van der Waals surface area contributed by atoms with Crippen LogP contribution in [0.4, 0.5) is 26.3 Å². The Labute approximate surface area is 416 Å². The second kappa shape index (κ2) is 15.7. The summed E-state index contributed by atoms with van der Waals surface area (Å²) in [5.74, 6) is 0. The maximum absolute atomic E-state index is 15.2. The summed E-state index contributed by atoms with van der Waals surface area (Å²) in [5, 5.41) is 18.9. The standard InChI is InChI=1S/C63H35F6N5/c64-62(65,66)38-25-28-41(51(32-38)63(67,68)69)48-35-61(74-57-24-12-6-18-47(57)50-34-40(27-30-59(50)74)72-54-21-9-3-15-44(54)45-16-4-10-22-55(45)72)60(31-37(48)36-70)73-56-23-11-5-17-46(56)49-33-39(26-29-58(49)73)71-52-19-7-1-13-42(52)43-14-2-8-20-53(43)71/h1-35H. The molecule has 0 bridgehead atoms. The number of fused-ring (bicyclic) bond motifs is 12. The molecule has 0 aliphatic rings. The van der Waals surface area contributed by atoms with Crippen molar-refractivity contribution >= 4 is 87.2 Å². The van der Waals surface area contributed by atoms with Crippen LogP contribution in [-0.2, 0) is 12.4 Å². The van der Waals surface area contributed by atoms with Gasteiger partial charge in [-0.3, -0.25) is 0 Å². The van der Waals surface area contributed by atoms with Gasteiger partial charge in [0.05, 0.1) is 78.3 Å². The molecule has 0 saturated carbocycles. The molecule has 0 spiro atoms. The lowest BCUT2D eigenvalue weighted by Gasteiger charge is -2.21. The Morgan fingerprint density at radius 1 is 0.311 bits per heavy atom. The van der Waals surface area contributed by atoms with E-state index in [1.54, 1.807) is 6.07 Å². The molecule has 5 nitrogen and oxygen atoms in total. The number of nitrogens with zero attached hydrogens (tertiary/aromatic N) is 5. The van der Waals surface area contributed by atoms with Gasteiger partial charge < -0.3 is 18.3 Å². The Hall–Kier alpha value is -9.53. The van der Waals surface area contributed by atoms with Gasteiger partial charge in [0.15, 0.2) is 0 Å². The molecule has 11 heteroatoms. The zero-order valence-electron chi connectivity index (χ0n) is 38.7. The first-order chi connectivity index (χ1) is 36.0. The second-order valence-electron chi connectivity index (χ2n) is 18.6. The predicted molar refractivity (Wildman–Crippen MR) is 284 cm³/mol. The van der Waals surface area contributed by atoms with E-state index in [0.29, 0.717) is 23.0 Å². The quantitative estimate of drug-likeness (QED) is 0.159. The van der Waals surface area contributed by atoms with Crippen molar-refractivity contribution < 1.29 is 26.3 Å². The largest absolute Gasteiger partial charge is 0.417 e. The number of para-hydroxylation sites is 6. The molecular weight excluding hydrogens is 941 g/mol. The summed E-state index contributed by atoms with van der Waals surface area (Å²) in [4.78, 5) is 0. The van der Waals surface area contributed by atoms with Crippen LogP contribution in [0.25, 0.3) is 121 Å². The van der Waals surface area contributed by atoms with Crippen molar-refractivity contribution in [1.82, 2.24) is 18.3 Å². The van der Waals surface area contributed by atoms with E-state index in [9.17, 15) is 18.4 Å². The lowest BCUT2D eigenvalue weighted by molar-refractivity contribution is -0.142. The second-order valence-corrected chi connectivity index (χ2v) is 18.6. The maximum atomic E-state index is 15.2. The van der Waals surface area contributed by atoms with E-state index in [1.807, 2.05) is 130 Å². The van der Waals surface area contributed by atoms with Gasteiger partial charge in [0.1, 0.15) is 0 Å². The van der Waals surface area contributed by atoms with Crippen LogP contribution in [0, 0.1) is 11.3 Å². The van der Waals surface area contributed by atoms with Crippen molar-refractivity contribution in [3.05, 3.63) is 229 Å². The minimum atomic E-state index is -5.21. The van der Waals surface area contributed by atoms with Gasteiger partial charge in [-0.2, -0.15) is 31.6 Å². The van der Waals surface area contributed by atoms with Crippen LogP contribution >= 0.6 is 0 Å². The van der Waals surface area contributed by atoms with Crippen molar-refractivity contribution in [3.63, 3.8) is 0 Å². The minimum Gasteiger partial charge on any atom is -0.309 e. The highest BCUT2D eigenvalue weighted by Crippen LogP contribution is 2.46. The summed E-state index contributed by atoms with van der Waals surface area (Å²) in [6.45, 7) is 0. The lowest BCUT2D eigenvalue weighted by atomic mass is 9.92. The van der Waals surface area contributed by atoms with Crippen molar-refractivity contribution in [2.24, 2.45) is 0 Å². The molecule has 0 unspecified atom stereocenters. The molecular formula is C63H35F6N5. The molecule has 0 saturated heterocycles. The van der Waals surface area contributed by atoms with Gasteiger partial charge in [0.25, 0.3) is 0 Å². The van der Waals surface area contributed by atoms with E-state index in [1.165, 1.54) is 6.07 Å². The van der Waals surface area contributed by atoms with Crippen LogP contribution in [-0.4, -0.2) is 18.3 Å². The first-order valence-electron chi connectivity index (χ1n) is 23.9. The molecule has 4 aromatic heterocycles. The molecule has 0 amide bonds. The Morgan fingerprint density at radius 2 is 0.662 bits per heavy atom. The SMILES string of the molecule is N#Cc1cc(-n2c3ccccc3c3cc(-n4c5ccccc5c5ccccc54)ccc32)c(-n2c3ccccc3c3cc(-n4c5ccccc5c5ccccc54)ccc32)cc1-c1ccc(C(F)(F)F)cc1C(F)(F)F. The predicted octanol–water partition coefficient (Wildman–Crippen LogP) is 17.7. The molecule has 354 valence electrons. The van der Waals surface area contributed by atoms with Crippen LogP contribution in [0.5, 0.6) is 0 Å². The van der Waals surface area contributed by atoms with Crippen LogP contribution in [0.3, 0.4) is 0 Å². The Bertz CT molecular complexity index is 4620. The van der Waals surface area contributed by atoms with E-state index in [2.05, 4.69) is 75.9 Å². The van der Waals surface area contributed by atoms with E-state index >= 15 is 13.2 Å². The number of hydrogen-bond donors (Lipinski definition) is 0. The smallest absolute Gasteiger partial charge is 0.309 e. The molecule has 0 fully saturated rings. The number of nitriles is 1. The third-order valence-corrected chi connectivity index (χ3v) is 14.6. The number of alkyl halides is 6. The maximum Gasteiger partial charge on any atom is 0.417 e. The van der Waals surface area contributed by atoms with Gasteiger partial charge in [0, 0.05) is 60.0 Å². The van der Waals surface area contributed by atoms with Crippen molar-refractivity contribution in [2.75, 3.05) is 0 Å². The number of hydrogen-bond acceptors (Lipinski definition) is 1. The molecule has 0 N–H and O–H groups in total. The third kappa shape index (κ3) is 6.31. The molecule has 74 heavy (non-hydrogen) atoms. The van der Waals surface area contributed by atoms with E-state index in [0.717, 1.165) is 99.1 Å². The molecule has 14 aromatic rings. The summed E-state index contributed by atoms with van der Waals surface area (Å²) < 4.78 is 96.4. The fourth-order valence-corrected chi connectivity index (χ4v) is 11.6. The zero-order valence-corrected chi connectivity index (χ0v) is 38.7. The van der Waals surface area contributed by atoms with Gasteiger partial charge in [-0.1, -0.05) is 115 Å². The van der Waals surface area contributed by atoms with Crippen LogP contribution in [0.15, 0.2) is 212 Å². The summed E-state index contributed by atoms with van der Waals surface area (Å²) in [6.07, 6.45) is -10.3. The number of aromatic nitrogens is 4. The molecule has 14 rings (SSSR count). The molecule has 0 atom stereocenters. The van der Waals surface area contributed by atoms with Crippen LogP contribution < -0.4 is 0 Å². The van der Waals surface area contributed by atoms with Gasteiger partial charge in [-0.15, -0.1) is 0 Å². The number of benzene rings is 10. The van der Waals surface area contributed by atoms with Crippen molar-refractivity contribution in [3.8, 4) is 39.9 Å². The lowest BCUT2D eigenvalue weighted by Crippen LogP contribution is -2.13. The summed E-state index contributed by atoms with van der Waals surface area (Å²) >= 11 is 0. The van der Waals surface area contributed by atoms with Crippen LogP contribution in [0.1, 0.15) is 16.7 Å². The van der Waals surface area contributed by atoms with Crippen molar-refractivity contribution in [2.45, 2.75) is 12.4 Å². The average Bonchev–Trinajstić information content (AvgIpc) is 4.15. The monoisotopic (exact) mass is 975 g/mol. The van der Waals surface area contributed by atoms with Gasteiger partial charge in [-0.25, -0.2) is 0 Å². The first kappa shape index (κ1) is 43.3. The molecule has 10 aromatic carbocycles. The van der Waals surface area contributed by atoms with Gasteiger partial charge in [0.2, 0.25) is 0 Å². The fraction of sp³-hybridized carbons (Fsp3) is 0.0317. The number of rotatable bonds is 5. The fourth-order valence-electron chi connectivity index (χ4n) is 11.6. The van der Waals surface area contributed by atoms with E-state index in [-0.39, 0.29) is 17.2 Å². The summed E-state index contributed by atoms with van der Waals surface area (Å²) in [7, 11) is 0. The Morgan fingerprint density at radius 3 is 1.04 bits per heavy atom. The highest BCUT2D eigenvalue weighted by atomic mass is 19.4. The normalized spacial score (nSPS) is 12.4. The average molecular weight is 976 g/mol. The molecule has 0 aliphatic carbocycles. The minimum absolute atomic E-state index is 0.127. The number of halogens is 6. The molecule has 0 aliphatic heterocycles. The Kier molecular flexibility index (Phi) is 9.20. The third-order valence-electron chi connectivity index (χ3n) is 14.6. The van der Waals surface area contributed by atoms with E-state index in [4.69, 9.17) is 0 Å². The Balaban J connectivity index is 1.08. The highest BCUT2D eigenvalue weighted by Gasteiger charge is 2.39. The first-order valence-corrected chi connectivity index (χ1v) is 23.9. The molecule has 0 radical (unpaired) electrons. The van der Waals surface area contributed by atoms with Crippen molar-refractivity contribution in [1.29, 1.82) is 5.26 Å². The highest BCUT2D eigenvalue weighted by molar-refractivity contribution is 6.15. The topological polar surface area (TPSA) is 43.5 Å². The van der Waals surface area contributed by atoms with Crippen LogP contribution in [0.2, 0.25) is 0 Å². The molecule has 4 heterocycles. The van der Waals surface area contributed by atoms with Gasteiger partial charge >= 0.3 is 12.4 Å². The summed E-state index contributed by atoms with van der Waals surface area (Å²) in [6, 6.07) is 67.8. The summed E-state index contributed by atoms with van der Waals surface area (Å²) in [5.41, 5.74) is 5.88. The van der Waals surface area contributed by atoms with Gasteiger partial charge in [-0.05, 0) is 103 Å². The zero-order chi connectivity index (χ0) is 50.2.